The number of para-hydroxylation sites is 1. The van der Waals surface area contributed by atoms with Gasteiger partial charge in [0.15, 0.2) is 5.88 Å². The van der Waals surface area contributed by atoms with Gasteiger partial charge in [-0.2, -0.15) is 0 Å². The lowest BCUT2D eigenvalue weighted by Gasteiger charge is -2.31. The van der Waals surface area contributed by atoms with Crippen LogP contribution in [0.5, 0.6) is 5.88 Å². The van der Waals surface area contributed by atoms with Crippen LogP contribution in [0.15, 0.2) is 52.6 Å². The molecule has 3 heterocycles. The van der Waals surface area contributed by atoms with Crippen LogP contribution in [0.25, 0.3) is 10.9 Å². The summed E-state index contributed by atoms with van der Waals surface area (Å²) in [6.07, 6.45) is 0. The van der Waals surface area contributed by atoms with Gasteiger partial charge in [-0.3, -0.25) is 4.90 Å². The summed E-state index contributed by atoms with van der Waals surface area (Å²) < 4.78 is 0. The van der Waals surface area contributed by atoms with Crippen molar-refractivity contribution in [2.45, 2.75) is 0 Å². The number of oxime groups is 1. The Bertz CT molecular complexity index is 1270. The Morgan fingerprint density at radius 3 is 2.76 bits per heavy atom. The van der Waals surface area contributed by atoms with E-state index >= 15 is 0 Å². The first-order chi connectivity index (χ1) is 16.0. The molecule has 0 amide bonds. The number of aromatic hydroxyl groups is 1. The molecule has 0 saturated carbocycles. The third-order valence-corrected chi connectivity index (χ3v) is 6.13. The highest BCUT2D eigenvalue weighted by atomic mass is 16.6. The molecule has 2 aliphatic heterocycles. The number of fused-ring (bicyclic) bond motifs is 2. The number of aromatic amines is 1. The zero-order valence-electron chi connectivity index (χ0n) is 18.3. The number of carboxylic acid groups (broad SMARTS) is 1. The lowest BCUT2D eigenvalue weighted by molar-refractivity contribution is 0.0697. The van der Waals surface area contributed by atoms with Crippen molar-refractivity contribution in [2.24, 2.45) is 10.1 Å². The number of aromatic nitrogens is 1. The van der Waals surface area contributed by atoms with Gasteiger partial charge in [-0.05, 0) is 31.3 Å². The van der Waals surface area contributed by atoms with Crippen LogP contribution in [0.1, 0.15) is 21.5 Å². The molecule has 170 valence electrons. The van der Waals surface area contributed by atoms with Crippen molar-refractivity contribution in [1.29, 1.82) is 0 Å². The van der Waals surface area contributed by atoms with Crippen molar-refractivity contribution in [3.05, 3.63) is 59.2 Å². The summed E-state index contributed by atoms with van der Waals surface area (Å²) in [5.41, 5.74) is 3.63. The second kappa shape index (κ2) is 8.68. The number of hydrogen-bond acceptors (Lipinski definition) is 7. The fraction of sp³-hybridized carbons (Fsp3) is 0.292. The summed E-state index contributed by atoms with van der Waals surface area (Å²) in [6.45, 7) is 5.29. The first-order valence-electron chi connectivity index (χ1n) is 10.9. The molecule has 5 rings (SSSR count). The third kappa shape index (κ3) is 4.08. The SMILES string of the molecule is CN1CCN(CCON=C2C(c3c(O)[nH]c4ccc(C(=O)O)cc34)=Nc3ccccc32)CC1. The maximum absolute atomic E-state index is 11.5. The highest BCUT2D eigenvalue weighted by Crippen LogP contribution is 2.36. The second-order valence-electron chi connectivity index (χ2n) is 8.31. The van der Waals surface area contributed by atoms with Gasteiger partial charge in [-0.1, -0.05) is 23.4 Å². The van der Waals surface area contributed by atoms with Crippen molar-refractivity contribution in [2.75, 3.05) is 46.4 Å². The number of aromatic carboxylic acids is 1. The standard InChI is InChI=1S/C24H25N5O4/c1-28-8-10-29(11-9-28)12-13-33-27-21-16-4-2-3-5-18(16)25-22(21)20-17-14-15(24(31)32)6-7-19(17)26-23(20)30/h2-7,14,26,30H,8-13H2,1H3,(H,31,32). The molecule has 9 nitrogen and oxygen atoms in total. The monoisotopic (exact) mass is 447 g/mol. The van der Waals surface area contributed by atoms with E-state index in [-0.39, 0.29) is 11.4 Å². The summed E-state index contributed by atoms with van der Waals surface area (Å²) in [7, 11) is 2.12. The molecule has 2 aromatic carbocycles. The van der Waals surface area contributed by atoms with Crippen LogP contribution in [0, 0.1) is 0 Å². The van der Waals surface area contributed by atoms with E-state index in [1.54, 1.807) is 6.07 Å². The predicted octanol–water partition coefficient (Wildman–Crippen LogP) is 2.67. The minimum Gasteiger partial charge on any atom is -0.494 e. The quantitative estimate of drug-likeness (QED) is 0.396. The Kier molecular flexibility index (Phi) is 5.57. The molecule has 3 N–H and O–H groups in total. The minimum atomic E-state index is -1.04. The number of rotatable bonds is 6. The average Bonchev–Trinajstić information content (AvgIpc) is 3.33. The molecule has 0 spiro atoms. The largest absolute Gasteiger partial charge is 0.494 e. The lowest BCUT2D eigenvalue weighted by Crippen LogP contribution is -2.45. The highest BCUT2D eigenvalue weighted by molar-refractivity contribution is 6.58. The first-order valence-corrected chi connectivity index (χ1v) is 10.9. The molecule has 1 saturated heterocycles. The van der Waals surface area contributed by atoms with Crippen LogP contribution in [-0.4, -0.2) is 88.8 Å². The molecule has 0 bridgehead atoms. The van der Waals surface area contributed by atoms with Gasteiger partial charge in [-0.25, -0.2) is 9.79 Å². The number of benzene rings is 2. The number of H-pyrrole nitrogens is 1. The minimum absolute atomic E-state index is 0.0933. The van der Waals surface area contributed by atoms with Gasteiger partial charge in [0.05, 0.1) is 16.8 Å². The maximum Gasteiger partial charge on any atom is 0.335 e. The van der Waals surface area contributed by atoms with Gasteiger partial charge in [0.25, 0.3) is 0 Å². The van der Waals surface area contributed by atoms with Crippen LogP contribution in [0.4, 0.5) is 5.69 Å². The molecule has 33 heavy (non-hydrogen) atoms. The molecule has 0 radical (unpaired) electrons. The fourth-order valence-corrected chi connectivity index (χ4v) is 4.24. The normalized spacial score (nSPS) is 18.0. The number of hydrogen-bond donors (Lipinski definition) is 3. The van der Waals surface area contributed by atoms with E-state index in [1.165, 1.54) is 12.1 Å². The van der Waals surface area contributed by atoms with E-state index in [4.69, 9.17) is 9.83 Å². The van der Waals surface area contributed by atoms with Gasteiger partial charge < -0.3 is 24.9 Å². The van der Waals surface area contributed by atoms with E-state index in [9.17, 15) is 15.0 Å². The van der Waals surface area contributed by atoms with Crippen molar-refractivity contribution in [3.8, 4) is 5.88 Å². The topological polar surface area (TPSA) is 114 Å². The van der Waals surface area contributed by atoms with Gasteiger partial charge in [0.1, 0.15) is 18.0 Å². The van der Waals surface area contributed by atoms with Crippen molar-refractivity contribution in [1.82, 2.24) is 14.8 Å². The smallest absolute Gasteiger partial charge is 0.335 e. The summed E-state index contributed by atoms with van der Waals surface area (Å²) in [4.78, 5) is 29.5. The van der Waals surface area contributed by atoms with Crippen molar-refractivity contribution >= 4 is 34.0 Å². The van der Waals surface area contributed by atoms with Crippen LogP contribution < -0.4 is 0 Å². The Morgan fingerprint density at radius 1 is 1.18 bits per heavy atom. The number of aliphatic imine (C=N–C) groups is 1. The summed E-state index contributed by atoms with van der Waals surface area (Å²) in [6, 6.07) is 12.2. The van der Waals surface area contributed by atoms with Gasteiger partial charge in [-0.15, -0.1) is 0 Å². The molecule has 2 aliphatic rings. The Labute approximate surface area is 190 Å². The molecule has 1 fully saturated rings. The van der Waals surface area contributed by atoms with E-state index in [2.05, 4.69) is 27.0 Å². The average molecular weight is 447 g/mol. The molecular formula is C24H25N5O4. The zero-order chi connectivity index (χ0) is 22.9. The van der Waals surface area contributed by atoms with E-state index in [1.807, 2.05) is 24.3 Å². The van der Waals surface area contributed by atoms with Crippen LogP contribution in [-0.2, 0) is 4.84 Å². The Morgan fingerprint density at radius 2 is 1.97 bits per heavy atom. The number of carboxylic acids is 1. The summed E-state index contributed by atoms with van der Waals surface area (Å²) in [5, 5.41) is 25.1. The molecular weight excluding hydrogens is 422 g/mol. The summed E-state index contributed by atoms with van der Waals surface area (Å²) >= 11 is 0. The molecule has 0 atom stereocenters. The second-order valence-corrected chi connectivity index (χ2v) is 8.31. The molecule has 0 aliphatic carbocycles. The summed E-state index contributed by atoms with van der Waals surface area (Å²) in [5.74, 6) is -1.13. The van der Waals surface area contributed by atoms with E-state index in [0.29, 0.717) is 34.5 Å². The Balaban J connectivity index is 1.45. The lowest BCUT2D eigenvalue weighted by atomic mass is 10.00. The van der Waals surface area contributed by atoms with Crippen molar-refractivity contribution < 1.29 is 19.8 Å². The predicted molar refractivity (Wildman–Crippen MR) is 126 cm³/mol. The van der Waals surface area contributed by atoms with E-state index in [0.717, 1.165) is 44.0 Å². The zero-order valence-corrected chi connectivity index (χ0v) is 18.3. The first kappa shape index (κ1) is 21.2. The van der Waals surface area contributed by atoms with Crippen molar-refractivity contribution in [3.63, 3.8) is 0 Å². The number of carbonyl (C=O) groups is 1. The number of nitrogens with zero attached hydrogens (tertiary/aromatic N) is 4. The molecule has 0 unspecified atom stereocenters. The van der Waals surface area contributed by atoms with Gasteiger partial charge >= 0.3 is 5.97 Å². The fourth-order valence-electron chi connectivity index (χ4n) is 4.24. The molecule has 3 aromatic rings. The maximum atomic E-state index is 11.5. The van der Waals surface area contributed by atoms with E-state index < -0.39 is 5.97 Å². The highest BCUT2D eigenvalue weighted by Gasteiger charge is 2.29. The van der Waals surface area contributed by atoms with Crippen LogP contribution in [0.2, 0.25) is 0 Å². The molecule has 1 aromatic heterocycles. The third-order valence-electron chi connectivity index (χ3n) is 6.13. The van der Waals surface area contributed by atoms with Crippen LogP contribution in [0.3, 0.4) is 0 Å². The number of likely N-dealkylation sites (N-methyl/N-ethyl adjacent to an activating group) is 1. The Hall–Kier alpha value is -3.69. The number of piperazine rings is 1. The van der Waals surface area contributed by atoms with Gasteiger partial charge in [0, 0.05) is 49.2 Å². The van der Waals surface area contributed by atoms with Crippen LogP contribution >= 0.6 is 0 Å². The molecule has 9 heteroatoms. The van der Waals surface area contributed by atoms with Gasteiger partial charge in [0.2, 0.25) is 0 Å². The number of nitrogens with one attached hydrogen (secondary N) is 1.